The lowest BCUT2D eigenvalue weighted by atomic mass is 9.96. The Hall–Kier alpha value is -2.85. The molecule has 35 heavy (non-hydrogen) atoms. The van der Waals surface area contributed by atoms with Crippen molar-refractivity contribution < 1.29 is 54.6 Å². The van der Waals surface area contributed by atoms with Crippen LogP contribution in [0.4, 0.5) is 0 Å². The number of carboxylic acid groups (broad SMARTS) is 5. The molecule has 0 amide bonds. The lowest BCUT2D eigenvalue weighted by Gasteiger charge is -2.18. The van der Waals surface area contributed by atoms with Gasteiger partial charge in [-0.25, -0.2) is 4.79 Å². The second-order valence-corrected chi connectivity index (χ2v) is 7.47. The van der Waals surface area contributed by atoms with Crippen LogP contribution < -0.4 is 21.3 Å². The van der Waals surface area contributed by atoms with Crippen LogP contribution in [0.3, 0.4) is 0 Å². The van der Waals surface area contributed by atoms with E-state index in [4.69, 9.17) is 30.6 Å². The maximum atomic E-state index is 10.3. The van der Waals surface area contributed by atoms with Gasteiger partial charge in [0.2, 0.25) is 0 Å². The highest BCUT2D eigenvalue weighted by Crippen LogP contribution is 2.15. The van der Waals surface area contributed by atoms with Gasteiger partial charge in [0, 0.05) is 65.2 Å². The Morgan fingerprint density at radius 1 is 0.514 bits per heavy atom. The Bertz CT molecular complexity index is 572. The second-order valence-electron chi connectivity index (χ2n) is 7.47. The second kappa shape index (κ2) is 21.7. The first-order valence-corrected chi connectivity index (χ1v) is 11.1. The fourth-order valence-corrected chi connectivity index (χ4v) is 2.47. The van der Waals surface area contributed by atoms with Crippen LogP contribution in [0.2, 0.25) is 0 Å². The first kappa shape index (κ1) is 34.3. The van der Waals surface area contributed by atoms with E-state index in [0.29, 0.717) is 12.8 Å². The van der Waals surface area contributed by atoms with Crippen molar-refractivity contribution in [3.63, 3.8) is 0 Å². The van der Waals surface area contributed by atoms with Gasteiger partial charge >= 0.3 is 29.8 Å². The molecule has 10 N–H and O–H groups in total. The number of aliphatic hydroxyl groups is 1. The van der Waals surface area contributed by atoms with Crippen LogP contribution in [0.5, 0.6) is 0 Å². The van der Waals surface area contributed by atoms with Gasteiger partial charge in [0.05, 0.1) is 12.8 Å². The molecule has 0 saturated carbocycles. The molecule has 2 saturated heterocycles. The number of aliphatic carboxylic acids is 5. The molecule has 2 aliphatic heterocycles. The monoisotopic (exact) mass is 510 g/mol. The fourth-order valence-electron chi connectivity index (χ4n) is 2.47. The zero-order chi connectivity index (χ0) is 27.1. The minimum atomic E-state index is -2.74. The van der Waals surface area contributed by atoms with E-state index < -0.39 is 48.3 Å². The summed E-state index contributed by atoms with van der Waals surface area (Å²) < 4.78 is 0. The largest absolute Gasteiger partial charge is 0.481 e. The van der Waals surface area contributed by atoms with Gasteiger partial charge in [-0.3, -0.25) is 19.2 Å². The molecule has 0 aromatic carbocycles. The van der Waals surface area contributed by atoms with E-state index in [1.54, 1.807) is 0 Å². The first-order chi connectivity index (χ1) is 16.4. The number of unbranched alkanes of at least 4 members (excludes halogenated alkanes) is 1. The number of carbonyl (C=O) groups is 5. The van der Waals surface area contributed by atoms with Crippen molar-refractivity contribution in [1.29, 1.82) is 0 Å². The molecule has 2 heterocycles. The molecule has 15 heteroatoms. The predicted molar refractivity (Wildman–Crippen MR) is 122 cm³/mol. The van der Waals surface area contributed by atoms with E-state index in [0.717, 1.165) is 52.4 Å². The summed E-state index contributed by atoms with van der Waals surface area (Å²) in [5.74, 6) is -6.76. The summed E-state index contributed by atoms with van der Waals surface area (Å²) in [6.07, 6.45) is -1.27. The van der Waals surface area contributed by atoms with Crippen molar-refractivity contribution in [3.05, 3.63) is 0 Å². The average molecular weight is 511 g/mol. The van der Waals surface area contributed by atoms with Gasteiger partial charge in [0.25, 0.3) is 0 Å². The van der Waals surface area contributed by atoms with E-state index in [1.807, 2.05) is 0 Å². The standard InChI is InChI=1S/C6H8O7.C6H10O4.2C4H10N2/c7-3(8)1-6(13,5(11)12)2-4(9)10;7-5(8)3-1-2-4-6(9)10;2*1-2-6-4-3-5-1/h13H,1-2H2,(H,7,8)(H,9,10)(H,11,12);1-4H2,(H,7,8)(H,9,10);2*5-6H,1-4H2. The quantitative estimate of drug-likeness (QED) is 0.140. The molecule has 0 unspecified atom stereocenters. The normalized spacial score (nSPS) is 14.9. The van der Waals surface area contributed by atoms with Crippen molar-refractivity contribution in [1.82, 2.24) is 21.3 Å². The molecular formula is C20H38N4O11. The smallest absolute Gasteiger partial charge is 0.336 e. The van der Waals surface area contributed by atoms with E-state index >= 15 is 0 Å². The maximum absolute atomic E-state index is 10.3. The third-order valence-electron chi connectivity index (χ3n) is 4.23. The van der Waals surface area contributed by atoms with Gasteiger partial charge in [0.1, 0.15) is 0 Å². The Labute approximate surface area is 202 Å². The number of carboxylic acids is 5. The van der Waals surface area contributed by atoms with Gasteiger partial charge < -0.3 is 51.9 Å². The summed E-state index contributed by atoms with van der Waals surface area (Å²) in [7, 11) is 0. The van der Waals surface area contributed by atoms with Crippen LogP contribution >= 0.6 is 0 Å². The van der Waals surface area contributed by atoms with E-state index in [1.165, 1.54) is 0 Å². The molecule has 15 nitrogen and oxygen atoms in total. The minimum Gasteiger partial charge on any atom is -0.481 e. The van der Waals surface area contributed by atoms with Gasteiger partial charge in [0.15, 0.2) is 5.60 Å². The third kappa shape index (κ3) is 25.6. The highest BCUT2D eigenvalue weighted by atomic mass is 16.4. The highest BCUT2D eigenvalue weighted by Gasteiger charge is 2.40. The van der Waals surface area contributed by atoms with Crippen LogP contribution in [0.25, 0.3) is 0 Å². The van der Waals surface area contributed by atoms with E-state index in [2.05, 4.69) is 21.3 Å². The summed E-state index contributed by atoms with van der Waals surface area (Å²) in [6, 6.07) is 0. The molecule has 0 radical (unpaired) electrons. The van der Waals surface area contributed by atoms with E-state index in [-0.39, 0.29) is 12.8 Å². The third-order valence-corrected chi connectivity index (χ3v) is 4.23. The Balaban J connectivity index is 0. The molecule has 0 bridgehead atoms. The molecule has 2 rings (SSSR count). The molecular weight excluding hydrogens is 472 g/mol. The Morgan fingerprint density at radius 2 is 0.771 bits per heavy atom. The SMILES string of the molecule is C1CNCCN1.C1CNCCN1.O=C(O)CC(O)(CC(=O)O)C(=O)O.O=C(O)CCCCC(=O)O. The molecule has 2 aliphatic rings. The Morgan fingerprint density at radius 3 is 0.914 bits per heavy atom. The van der Waals surface area contributed by atoms with Crippen LogP contribution in [0.15, 0.2) is 0 Å². The molecule has 204 valence electrons. The fraction of sp³-hybridized carbons (Fsp3) is 0.750. The molecule has 0 aromatic heterocycles. The van der Waals surface area contributed by atoms with Gasteiger partial charge in [-0.05, 0) is 12.8 Å². The predicted octanol–water partition coefficient (Wildman–Crippen LogP) is -2.17. The molecule has 0 aliphatic carbocycles. The summed E-state index contributed by atoms with van der Waals surface area (Å²) in [5, 5.41) is 63.0. The average Bonchev–Trinajstić information content (AvgIpc) is 2.79. The van der Waals surface area contributed by atoms with Crippen LogP contribution in [-0.4, -0.2) is 118 Å². The van der Waals surface area contributed by atoms with Gasteiger partial charge in [-0.1, -0.05) is 0 Å². The minimum absolute atomic E-state index is 0.0628. The van der Waals surface area contributed by atoms with Crippen LogP contribution in [-0.2, 0) is 24.0 Å². The van der Waals surface area contributed by atoms with Crippen LogP contribution in [0, 0.1) is 0 Å². The summed E-state index contributed by atoms with van der Waals surface area (Å²) in [4.78, 5) is 50.3. The number of rotatable bonds is 10. The topological polar surface area (TPSA) is 255 Å². The summed E-state index contributed by atoms with van der Waals surface area (Å²) in [6.45, 7) is 9.11. The van der Waals surface area contributed by atoms with Crippen molar-refractivity contribution >= 4 is 29.8 Å². The van der Waals surface area contributed by atoms with Crippen LogP contribution in [0.1, 0.15) is 38.5 Å². The van der Waals surface area contributed by atoms with Crippen molar-refractivity contribution in [3.8, 4) is 0 Å². The van der Waals surface area contributed by atoms with Gasteiger partial charge in [-0.2, -0.15) is 0 Å². The maximum Gasteiger partial charge on any atom is 0.336 e. The zero-order valence-corrected chi connectivity index (χ0v) is 19.6. The van der Waals surface area contributed by atoms with Crippen molar-refractivity contribution in [2.45, 2.75) is 44.1 Å². The molecule has 0 aromatic rings. The highest BCUT2D eigenvalue weighted by molar-refractivity contribution is 5.88. The number of nitrogens with one attached hydrogen (secondary N) is 4. The zero-order valence-electron chi connectivity index (χ0n) is 19.6. The number of hydrogen-bond donors (Lipinski definition) is 10. The van der Waals surface area contributed by atoms with Crippen molar-refractivity contribution in [2.75, 3.05) is 52.4 Å². The Kier molecular flexibility index (Phi) is 21.2. The van der Waals surface area contributed by atoms with E-state index in [9.17, 15) is 24.0 Å². The van der Waals surface area contributed by atoms with Crippen molar-refractivity contribution in [2.24, 2.45) is 0 Å². The molecule has 0 atom stereocenters. The molecule has 2 fully saturated rings. The summed E-state index contributed by atoms with van der Waals surface area (Å²) in [5.41, 5.74) is -2.74. The first-order valence-electron chi connectivity index (χ1n) is 11.1. The summed E-state index contributed by atoms with van der Waals surface area (Å²) >= 11 is 0. The lowest BCUT2D eigenvalue weighted by molar-refractivity contribution is -0.170. The van der Waals surface area contributed by atoms with Gasteiger partial charge in [-0.15, -0.1) is 0 Å². The lowest BCUT2D eigenvalue weighted by Crippen LogP contribution is -2.42. The number of hydrogen-bond acceptors (Lipinski definition) is 10. The number of piperazine rings is 2. The molecule has 0 spiro atoms.